The van der Waals surface area contributed by atoms with Gasteiger partial charge in [-0.2, -0.15) is 0 Å². The number of aromatic nitrogens is 1. The van der Waals surface area contributed by atoms with Gasteiger partial charge in [0.1, 0.15) is 41.4 Å². The minimum Gasteiger partial charge on any atom is -0.486 e. The molecule has 2 aromatic carbocycles. The molecule has 4 heterocycles. The van der Waals surface area contributed by atoms with Crippen LogP contribution >= 0.6 is 22.9 Å². The zero-order valence-corrected chi connectivity index (χ0v) is 21.7. The molecule has 8 nitrogen and oxygen atoms in total. The summed E-state index contributed by atoms with van der Waals surface area (Å²) >= 11 is 6.98. The maximum atomic E-state index is 13.6. The molecular formula is C27H20ClFN2O6S. The van der Waals surface area contributed by atoms with Gasteiger partial charge in [-0.05, 0) is 37.3 Å². The first-order valence-corrected chi connectivity index (χ1v) is 12.8. The monoisotopic (exact) mass is 554 g/mol. The highest BCUT2D eigenvalue weighted by Crippen LogP contribution is 2.47. The zero-order chi connectivity index (χ0) is 26.6. The summed E-state index contributed by atoms with van der Waals surface area (Å²) < 4.78 is 38.0. The molecule has 38 heavy (non-hydrogen) atoms. The number of para-hydroxylation sites is 1. The Bertz CT molecular complexity index is 1760. The molecule has 0 spiro atoms. The van der Waals surface area contributed by atoms with Crippen molar-refractivity contribution in [3.8, 4) is 11.5 Å². The van der Waals surface area contributed by atoms with E-state index in [1.54, 1.807) is 31.2 Å². The number of carbonyl (C=O) groups is 1. The van der Waals surface area contributed by atoms with E-state index in [1.165, 1.54) is 41.2 Å². The van der Waals surface area contributed by atoms with Crippen molar-refractivity contribution < 1.29 is 27.8 Å². The van der Waals surface area contributed by atoms with Crippen LogP contribution in [-0.4, -0.2) is 23.4 Å². The van der Waals surface area contributed by atoms with Gasteiger partial charge >= 0.3 is 5.97 Å². The van der Waals surface area contributed by atoms with Crippen LogP contribution in [0.2, 0.25) is 5.02 Å². The summed E-state index contributed by atoms with van der Waals surface area (Å²) in [5, 5.41) is -0.0376. The van der Waals surface area contributed by atoms with Crippen molar-refractivity contribution in [2.24, 2.45) is 10.9 Å². The summed E-state index contributed by atoms with van der Waals surface area (Å²) in [4.78, 5) is 31.7. The van der Waals surface area contributed by atoms with Gasteiger partial charge < -0.3 is 18.6 Å². The van der Waals surface area contributed by atoms with E-state index in [4.69, 9.17) is 35.2 Å². The predicted molar refractivity (Wildman–Crippen MR) is 136 cm³/mol. The third kappa shape index (κ3) is 4.00. The summed E-state index contributed by atoms with van der Waals surface area (Å²) in [6.07, 6.45) is 1.62. The van der Waals surface area contributed by atoms with Gasteiger partial charge in [0.25, 0.3) is 5.56 Å². The van der Waals surface area contributed by atoms with E-state index >= 15 is 0 Å². The maximum Gasteiger partial charge on any atom is 0.317 e. The highest BCUT2D eigenvalue weighted by atomic mass is 35.5. The molecule has 0 radical (unpaired) electrons. The summed E-state index contributed by atoms with van der Waals surface area (Å²) in [6.45, 7) is 1.81. The largest absolute Gasteiger partial charge is 0.486 e. The van der Waals surface area contributed by atoms with E-state index in [1.807, 2.05) is 18.2 Å². The average Bonchev–Trinajstić information content (AvgIpc) is 3.46. The molecule has 0 N–H and O–H groups in total. The number of hydrogen-bond donors (Lipinski definition) is 0. The Balaban J connectivity index is 1.37. The predicted octanol–water partition coefficient (Wildman–Crippen LogP) is 3.82. The van der Waals surface area contributed by atoms with Crippen LogP contribution in [0.3, 0.4) is 0 Å². The van der Waals surface area contributed by atoms with Crippen molar-refractivity contribution in [1.82, 2.24) is 4.57 Å². The minimum absolute atomic E-state index is 0.0376. The molecule has 2 bridgehead atoms. The highest BCUT2D eigenvalue weighted by Gasteiger charge is 2.55. The molecule has 4 aromatic rings. The molecule has 0 saturated carbocycles. The Hall–Kier alpha value is -3.89. The molecule has 2 aliphatic heterocycles. The SMILES string of the molecule is COC(=O)[C@@H]1[C@H]2c3ccccc3O[C@]1(C)N=c1s/c(=C/c3ccc(COc4ccc(F)c(Cl)c4)o3)c(=O)n12. The van der Waals surface area contributed by atoms with Crippen LogP contribution < -0.4 is 24.4 Å². The molecular weight excluding hydrogens is 535 g/mol. The number of nitrogens with zero attached hydrogens (tertiary/aromatic N) is 2. The summed E-state index contributed by atoms with van der Waals surface area (Å²) in [7, 11) is 1.31. The van der Waals surface area contributed by atoms with Gasteiger partial charge in [-0.15, -0.1) is 0 Å². The van der Waals surface area contributed by atoms with E-state index in [2.05, 4.69) is 0 Å². The molecule has 194 valence electrons. The van der Waals surface area contributed by atoms with Gasteiger partial charge in [0.05, 0.1) is 22.7 Å². The number of carbonyl (C=O) groups excluding carboxylic acids is 1. The summed E-state index contributed by atoms with van der Waals surface area (Å²) in [6, 6.07) is 14.2. The van der Waals surface area contributed by atoms with Gasteiger partial charge in [-0.1, -0.05) is 41.1 Å². The van der Waals surface area contributed by atoms with Crippen molar-refractivity contribution in [2.75, 3.05) is 7.11 Å². The van der Waals surface area contributed by atoms with Crippen molar-refractivity contribution >= 4 is 35.0 Å². The Morgan fingerprint density at radius 3 is 2.87 bits per heavy atom. The fourth-order valence-corrected chi connectivity index (χ4v) is 6.08. The number of furan rings is 1. The Labute approximate surface area is 224 Å². The fraction of sp³-hybridized carbons (Fsp3) is 0.222. The number of rotatable bonds is 5. The van der Waals surface area contributed by atoms with Crippen LogP contribution in [0.15, 0.2) is 68.8 Å². The highest BCUT2D eigenvalue weighted by molar-refractivity contribution is 7.07. The topological polar surface area (TPSA) is 92.3 Å². The third-order valence-corrected chi connectivity index (χ3v) is 7.84. The number of esters is 1. The van der Waals surface area contributed by atoms with Crippen molar-refractivity contribution in [1.29, 1.82) is 0 Å². The van der Waals surface area contributed by atoms with Gasteiger partial charge in [-0.3, -0.25) is 14.2 Å². The normalized spacial score (nSPS) is 21.6. The molecule has 2 aromatic heterocycles. The Morgan fingerprint density at radius 2 is 2.08 bits per heavy atom. The van der Waals surface area contributed by atoms with Crippen LogP contribution in [0.5, 0.6) is 11.5 Å². The van der Waals surface area contributed by atoms with Crippen LogP contribution in [0.1, 0.15) is 30.0 Å². The number of halogens is 2. The first-order chi connectivity index (χ1) is 18.3. The standard InChI is InChI=1S/C27H20ClFN2O6S/c1-27-22(25(33)34-2)23(17-5-3-4-6-20(17)37-27)31-24(32)21(38-26(31)30-27)12-15-7-8-16(36-15)13-35-14-9-10-19(29)18(28)11-14/h3-12,22-23H,13H2,1-2H3/b21-12+/t22-,23+,27-/m0/s1. The lowest BCUT2D eigenvalue weighted by Crippen LogP contribution is -2.58. The molecule has 0 unspecified atom stereocenters. The lowest BCUT2D eigenvalue weighted by atomic mass is 9.81. The Kier molecular flexibility index (Phi) is 5.88. The molecule has 2 aliphatic rings. The quantitative estimate of drug-likeness (QED) is 0.348. The smallest absolute Gasteiger partial charge is 0.317 e. The first kappa shape index (κ1) is 24.4. The van der Waals surface area contributed by atoms with E-state index in [0.717, 1.165) is 0 Å². The Morgan fingerprint density at radius 1 is 1.26 bits per heavy atom. The minimum atomic E-state index is -1.24. The zero-order valence-electron chi connectivity index (χ0n) is 20.1. The van der Waals surface area contributed by atoms with Gasteiger partial charge in [0.15, 0.2) is 4.80 Å². The van der Waals surface area contributed by atoms with E-state index in [0.29, 0.717) is 37.9 Å². The average molecular weight is 555 g/mol. The number of fused-ring (bicyclic) bond motifs is 6. The number of methoxy groups -OCH3 is 1. The number of hydrogen-bond acceptors (Lipinski definition) is 8. The maximum absolute atomic E-state index is 13.6. The lowest BCUT2D eigenvalue weighted by molar-refractivity contribution is -0.158. The van der Waals surface area contributed by atoms with Gasteiger partial charge in [0.2, 0.25) is 5.72 Å². The molecule has 0 aliphatic carbocycles. The lowest BCUT2D eigenvalue weighted by Gasteiger charge is -2.44. The summed E-state index contributed by atoms with van der Waals surface area (Å²) in [5.74, 6) is 0.0105. The van der Waals surface area contributed by atoms with E-state index < -0.39 is 29.5 Å². The molecule has 11 heteroatoms. The van der Waals surface area contributed by atoms with E-state index in [-0.39, 0.29) is 17.2 Å². The van der Waals surface area contributed by atoms with E-state index in [9.17, 15) is 14.0 Å². The van der Waals surface area contributed by atoms with Crippen LogP contribution in [-0.2, 0) is 16.1 Å². The summed E-state index contributed by atoms with van der Waals surface area (Å²) in [5.41, 5.74) is -0.832. The number of thiazole rings is 1. The second kappa shape index (κ2) is 9.14. The molecule has 0 saturated heterocycles. The third-order valence-electron chi connectivity index (χ3n) is 6.56. The molecule has 0 amide bonds. The molecule has 6 rings (SSSR count). The van der Waals surface area contributed by atoms with Crippen molar-refractivity contribution in [3.63, 3.8) is 0 Å². The van der Waals surface area contributed by atoms with Gasteiger partial charge in [-0.25, -0.2) is 9.38 Å². The van der Waals surface area contributed by atoms with Crippen molar-refractivity contribution in [3.05, 3.63) is 102 Å². The molecule has 3 atom stereocenters. The van der Waals surface area contributed by atoms with Crippen molar-refractivity contribution in [2.45, 2.75) is 25.3 Å². The second-order valence-electron chi connectivity index (χ2n) is 8.99. The fourth-order valence-electron chi connectivity index (χ4n) is 4.83. The van der Waals surface area contributed by atoms with Crippen LogP contribution in [0.25, 0.3) is 6.08 Å². The first-order valence-electron chi connectivity index (χ1n) is 11.6. The van der Waals surface area contributed by atoms with Gasteiger partial charge in [0, 0.05) is 17.7 Å². The molecule has 0 fully saturated rings. The van der Waals surface area contributed by atoms with Crippen LogP contribution in [0, 0.1) is 11.7 Å². The number of benzene rings is 2. The van der Waals surface area contributed by atoms with Crippen LogP contribution in [0.4, 0.5) is 4.39 Å². The second-order valence-corrected chi connectivity index (χ2v) is 10.4. The number of ether oxygens (including phenoxy) is 3.